The van der Waals surface area contributed by atoms with Gasteiger partial charge in [-0.25, -0.2) is 0 Å². The molecule has 0 spiro atoms. The molecule has 0 aromatic heterocycles. The predicted octanol–water partition coefficient (Wildman–Crippen LogP) is -1.68. The minimum Gasteiger partial charge on any atom is -0.354 e. The summed E-state index contributed by atoms with van der Waals surface area (Å²) in [6.07, 6.45) is 0.550. The van der Waals surface area contributed by atoms with E-state index in [-0.39, 0.29) is 55.3 Å². The summed E-state index contributed by atoms with van der Waals surface area (Å²) in [5.74, 6) is -1.22. The molecule has 1 aliphatic rings. The van der Waals surface area contributed by atoms with Crippen LogP contribution in [0.3, 0.4) is 0 Å². The third kappa shape index (κ3) is 5.92. The molecular weight excluding hydrogens is 308 g/mol. The molecule has 4 N–H and O–H groups in total. The van der Waals surface area contributed by atoms with Crippen LogP contribution in [-0.2, 0) is 19.2 Å². The third-order valence-electron chi connectivity index (χ3n) is 3.20. The highest BCUT2D eigenvalue weighted by molar-refractivity contribution is 7.80. The summed E-state index contributed by atoms with van der Waals surface area (Å²) in [4.78, 5) is 47.2. The lowest BCUT2D eigenvalue weighted by Gasteiger charge is -2.20. The number of nitrogens with one attached hydrogen (secondary N) is 4. The molecule has 4 amide bonds. The molecule has 9 heteroatoms. The van der Waals surface area contributed by atoms with Crippen LogP contribution < -0.4 is 21.3 Å². The second-order valence-corrected chi connectivity index (χ2v) is 5.28. The van der Waals surface area contributed by atoms with Crippen LogP contribution >= 0.6 is 12.6 Å². The fourth-order valence-electron chi connectivity index (χ4n) is 1.92. The Morgan fingerprint density at radius 3 is 1.82 bits per heavy atom. The van der Waals surface area contributed by atoms with Crippen LogP contribution in [0.5, 0.6) is 0 Å². The Balaban J connectivity index is 2.73. The van der Waals surface area contributed by atoms with Gasteiger partial charge in [0.25, 0.3) is 0 Å². The van der Waals surface area contributed by atoms with Gasteiger partial charge in [0.2, 0.25) is 23.6 Å². The lowest BCUT2D eigenvalue weighted by Crippen LogP contribution is -2.51. The molecular formula is C13H22N4O4S. The second kappa shape index (κ2) is 9.29. The third-order valence-corrected chi connectivity index (χ3v) is 3.56. The average molecular weight is 330 g/mol. The Kier molecular flexibility index (Phi) is 7.72. The van der Waals surface area contributed by atoms with Crippen molar-refractivity contribution in [3.8, 4) is 0 Å². The Morgan fingerprint density at radius 1 is 0.909 bits per heavy atom. The van der Waals surface area contributed by atoms with E-state index in [1.54, 1.807) is 6.92 Å². The molecule has 0 unspecified atom stereocenters. The van der Waals surface area contributed by atoms with Gasteiger partial charge in [0.15, 0.2) is 0 Å². The van der Waals surface area contributed by atoms with Crippen molar-refractivity contribution in [2.75, 3.05) is 18.8 Å². The van der Waals surface area contributed by atoms with E-state index in [1.807, 2.05) is 0 Å². The van der Waals surface area contributed by atoms with Crippen LogP contribution in [0, 0.1) is 0 Å². The highest BCUT2D eigenvalue weighted by atomic mass is 32.1. The molecule has 124 valence electrons. The standard InChI is InChI=1S/C13H22N4O4S/c1-2-8-12(20)14-5-4-11(19)17-9(7-22)13(21)15-6-3-10(18)16-8/h8-9,22H,2-7H2,1H3,(H,14,20)(H,15,21)(H,16,18)(H,17,19)/t8-,9-/m0/s1. The van der Waals surface area contributed by atoms with Crippen molar-refractivity contribution < 1.29 is 19.2 Å². The highest BCUT2D eigenvalue weighted by Gasteiger charge is 2.22. The van der Waals surface area contributed by atoms with Crippen LogP contribution in [0.25, 0.3) is 0 Å². The Labute approximate surface area is 134 Å². The molecule has 0 saturated carbocycles. The van der Waals surface area contributed by atoms with Gasteiger partial charge in [-0.05, 0) is 6.42 Å². The summed E-state index contributed by atoms with van der Waals surface area (Å²) >= 11 is 4.03. The zero-order valence-electron chi connectivity index (χ0n) is 12.5. The predicted molar refractivity (Wildman–Crippen MR) is 83.3 cm³/mol. The molecule has 0 radical (unpaired) electrons. The topological polar surface area (TPSA) is 116 Å². The van der Waals surface area contributed by atoms with Crippen LogP contribution in [-0.4, -0.2) is 54.6 Å². The van der Waals surface area contributed by atoms with E-state index in [0.717, 1.165) is 0 Å². The number of carbonyl (C=O) groups is 4. The van der Waals surface area contributed by atoms with Crippen molar-refractivity contribution in [3.05, 3.63) is 0 Å². The molecule has 1 rings (SSSR count). The van der Waals surface area contributed by atoms with E-state index in [0.29, 0.717) is 6.42 Å². The maximum atomic E-state index is 11.9. The lowest BCUT2D eigenvalue weighted by atomic mass is 10.2. The lowest BCUT2D eigenvalue weighted by molar-refractivity contribution is -0.131. The first-order valence-electron chi connectivity index (χ1n) is 7.23. The van der Waals surface area contributed by atoms with E-state index in [9.17, 15) is 19.2 Å². The van der Waals surface area contributed by atoms with Gasteiger partial charge >= 0.3 is 0 Å². The van der Waals surface area contributed by atoms with Crippen molar-refractivity contribution >= 4 is 36.3 Å². The highest BCUT2D eigenvalue weighted by Crippen LogP contribution is 1.96. The molecule has 1 saturated heterocycles. The quantitative estimate of drug-likeness (QED) is 0.389. The summed E-state index contributed by atoms with van der Waals surface area (Å²) < 4.78 is 0. The summed E-state index contributed by atoms with van der Waals surface area (Å²) in [6, 6.07) is -1.40. The maximum Gasteiger partial charge on any atom is 0.243 e. The summed E-state index contributed by atoms with van der Waals surface area (Å²) in [7, 11) is 0. The number of amides is 4. The van der Waals surface area contributed by atoms with E-state index in [2.05, 4.69) is 33.9 Å². The van der Waals surface area contributed by atoms with E-state index < -0.39 is 12.1 Å². The average Bonchev–Trinajstić information content (AvgIpc) is 2.49. The molecule has 0 bridgehead atoms. The van der Waals surface area contributed by atoms with Crippen molar-refractivity contribution in [1.29, 1.82) is 0 Å². The van der Waals surface area contributed by atoms with Crippen molar-refractivity contribution in [1.82, 2.24) is 21.3 Å². The van der Waals surface area contributed by atoms with Crippen LogP contribution in [0.15, 0.2) is 0 Å². The molecule has 0 aromatic carbocycles. The second-order valence-electron chi connectivity index (χ2n) is 4.91. The fourth-order valence-corrected chi connectivity index (χ4v) is 2.18. The van der Waals surface area contributed by atoms with Gasteiger partial charge in [-0.2, -0.15) is 12.6 Å². The van der Waals surface area contributed by atoms with Gasteiger partial charge in [-0.15, -0.1) is 0 Å². The van der Waals surface area contributed by atoms with Gasteiger partial charge in [-0.3, -0.25) is 19.2 Å². The first-order chi connectivity index (χ1) is 10.5. The zero-order valence-corrected chi connectivity index (χ0v) is 13.4. The number of carbonyl (C=O) groups excluding carboxylic acids is 4. The normalized spacial score (nSPS) is 25.4. The molecule has 1 aliphatic heterocycles. The fraction of sp³-hybridized carbons (Fsp3) is 0.692. The van der Waals surface area contributed by atoms with Crippen molar-refractivity contribution in [2.24, 2.45) is 0 Å². The van der Waals surface area contributed by atoms with Crippen molar-refractivity contribution in [2.45, 2.75) is 38.3 Å². The minimum absolute atomic E-state index is 0.0493. The van der Waals surface area contributed by atoms with Gasteiger partial charge in [0, 0.05) is 31.7 Å². The Hall–Kier alpha value is -1.77. The molecule has 8 nitrogen and oxygen atoms in total. The largest absolute Gasteiger partial charge is 0.354 e. The molecule has 22 heavy (non-hydrogen) atoms. The first kappa shape index (κ1) is 18.3. The number of rotatable bonds is 2. The number of hydrogen-bond acceptors (Lipinski definition) is 5. The van der Waals surface area contributed by atoms with Crippen molar-refractivity contribution in [3.63, 3.8) is 0 Å². The SMILES string of the molecule is CC[C@@H]1NC(=O)CCNC(=O)[C@H](CS)NC(=O)CCNC1=O. The minimum atomic E-state index is -0.763. The maximum absolute atomic E-state index is 11.9. The Bertz CT molecular complexity index is 404. The van der Waals surface area contributed by atoms with E-state index in [4.69, 9.17) is 0 Å². The zero-order chi connectivity index (χ0) is 16.5. The van der Waals surface area contributed by atoms with Gasteiger partial charge in [-0.1, -0.05) is 6.92 Å². The molecule has 0 aromatic rings. The van der Waals surface area contributed by atoms with Gasteiger partial charge < -0.3 is 21.3 Å². The smallest absolute Gasteiger partial charge is 0.243 e. The molecule has 2 atom stereocenters. The monoisotopic (exact) mass is 330 g/mol. The molecule has 1 fully saturated rings. The van der Waals surface area contributed by atoms with Crippen LogP contribution in [0.4, 0.5) is 0 Å². The molecule has 1 heterocycles. The summed E-state index contributed by atoms with van der Waals surface area (Å²) in [5.41, 5.74) is 0. The summed E-state index contributed by atoms with van der Waals surface area (Å²) in [6.45, 7) is 2.04. The first-order valence-corrected chi connectivity index (χ1v) is 7.86. The summed E-state index contributed by atoms with van der Waals surface area (Å²) in [5, 5.41) is 10.3. The number of hydrogen-bond donors (Lipinski definition) is 5. The molecule has 0 aliphatic carbocycles. The van der Waals surface area contributed by atoms with E-state index in [1.165, 1.54) is 0 Å². The van der Waals surface area contributed by atoms with Crippen LogP contribution in [0.1, 0.15) is 26.2 Å². The van der Waals surface area contributed by atoms with E-state index >= 15 is 0 Å². The Morgan fingerprint density at radius 2 is 1.36 bits per heavy atom. The number of thiol groups is 1. The van der Waals surface area contributed by atoms with Gasteiger partial charge in [0.1, 0.15) is 12.1 Å². The van der Waals surface area contributed by atoms with Crippen LogP contribution in [0.2, 0.25) is 0 Å². The van der Waals surface area contributed by atoms with Gasteiger partial charge in [0.05, 0.1) is 0 Å².